The third-order valence-electron chi connectivity index (χ3n) is 0.722. The Morgan fingerprint density at radius 3 is 1.27 bits per heavy atom. The largest absolute Gasteiger partial charge is 0.379 e. The highest BCUT2D eigenvalue weighted by Gasteiger charge is 1.98. The predicted molar refractivity (Wildman–Crippen MR) is 55.4 cm³/mol. The fraction of sp³-hybridized carbons (Fsp3) is 0. The first kappa shape index (κ1) is 11.4. The Kier molecular flexibility index (Phi) is 10.8. The summed E-state index contributed by atoms with van der Waals surface area (Å²) in [5.41, 5.74) is 0. The molecule has 42 valence electrons. The van der Waals surface area contributed by atoms with Crippen LogP contribution in [0.1, 0.15) is 0 Å². The van der Waals surface area contributed by atoms with Gasteiger partial charge in [-0.25, -0.2) is 0 Å². The van der Waals surface area contributed by atoms with Crippen molar-refractivity contribution in [1.29, 1.82) is 0 Å². The van der Waals surface area contributed by atoms with E-state index in [0.717, 1.165) is 0 Å². The molecule has 3 N–H and O–H groups in total. The highest BCUT2D eigenvalue weighted by atomic mass is 15.0. The molecule has 1 rings (SSSR count). The zero-order valence-corrected chi connectivity index (χ0v) is 6.12. The van der Waals surface area contributed by atoms with Crippen LogP contribution in [0.25, 0.3) is 0 Å². The van der Waals surface area contributed by atoms with Crippen LogP contribution in [0, 0.1) is 0 Å². The van der Waals surface area contributed by atoms with Crippen molar-refractivity contribution in [1.82, 2.24) is 15.4 Å². The Morgan fingerprint density at radius 1 is 0.818 bits per heavy atom. The van der Waals surface area contributed by atoms with Crippen LogP contribution in [-0.2, 0) is 0 Å². The van der Waals surface area contributed by atoms with Crippen molar-refractivity contribution in [3.8, 4) is 0 Å². The predicted octanol–water partition coefficient (Wildman–Crippen LogP) is -4.53. The molecule has 0 spiro atoms. The first-order valence-electron chi connectivity index (χ1n) is 3.07. The lowest BCUT2D eigenvalue weighted by Gasteiger charge is -2.07. The van der Waals surface area contributed by atoms with Crippen LogP contribution < -0.4 is 15.4 Å². The summed E-state index contributed by atoms with van der Waals surface area (Å²) in [5.74, 6) is 0. The van der Waals surface area contributed by atoms with Gasteiger partial charge in [0.05, 0.1) is 0 Å². The second-order valence-electron chi connectivity index (χ2n) is 1.51. The zero-order valence-electron chi connectivity index (χ0n) is 6.12. The molecule has 0 aromatic rings. The van der Waals surface area contributed by atoms with Gasteiger partial charge in [-0.05, 0) is 0 Å². The summed E-state index contributed by atoms with van der Waals surface area (Å²) in [4.78, 5) is 0. The smallest absolute Gasteiger partial charge is 0.284 e. The van der Waals surface area contributed by atoms with Gasteiger partial charge in [0.2, 0.25) is 0 Å². The van der Waals surface area contributed by atoms with Gasteiger partial charge in [-0.2, -0.15) is 0 Å². The normalized spacial score (nSPS) is 13.5. The zero-order chi connectivity index (χ0) is 8.36. The molecule has 1 aliphatic rings. The molecule has 1 heterocycles. The van der Waals surface area contributed by atoms with E-state index in [0.29, 0.717) is 0 Å². The average molecular weight is 132 g/mol. The maximum atomic E-state index is 4.85. The van der Waals surface area contributed by atoms with E-state index in [-0.39, 0.29) is 0 Å². The molecule has 0 bridgehead atoms. The van der Waals surface area contributed by atoms with Gasteiger partial charge >= 0.3 is 0 Å². The number of hydrogen-bond acceptors (Lipinski definition) is 3. The minimum atomic E-state index is 1.38. The molecule has 1 fully saturated rings. The Balaban J connectivity index is 0.000000187. The molecule has 0 amide bonds. The van der Waals surface area contributed by atoms with Gasteiger partial charge in [0.1, 0.15) is 0 Å². The van der Waals surface area contributed by atoms with E-state index in [1.165, 1.54) is 14.1 Å². The van der Waals surface area contributed by atoms with E-state index in [2.05, 4.69) is 15.4 Å². The summed E-state index contributed by atoms with van der Waals surface area (Å²) in [6.45, 7) is 0. The summed E-state index contributed by atoms with van der Waals surface area (Å²) in [5, 5.41) is 8.34. The monoisotopic (exact) mass is 133 g/mol. The molecule has 0 atom stereocenters. The van der Waals surface area contributed by atoms with Crippen molar-refractivity contribution in [3.63, 3.8) is 0 Å². The Hall–Kier alpha value is 0.399. The molecule has 0 saturated carbocycles. The maximum Gasteiger partial charge on any atom is 0.284 e. The minimum absolute atomic E-state index is 1.38. The van der Waals surface area contributed by atoms with E-state index < -0.39 is 0 Å². The number of hydrogen-bond donors (Lipinski definition) is 3. The molecule has 11 heavy (non-hydrogen) atoms. The summed E-state index contributed by atoms with van der Waals surface area (Å²) in [6, 6.07) is 0. The van der Waals surface area contributed by atoms with E-state index in [1.54, 1.807) is 29.7 Å². The molecular weight excluding hydrogens is 129 g/mol. The van der Waals surface area contributed by atoms with E-state index in [9.17, 15) is 0 Å². The molecule has 0 aromatic heterocycles. The van der Waals surface area contributed by atoms with Crippen molar-refractivity contribution < 1.29 is 0 Å². The molecule has 11 heteroatoms. The quantitative estimate of drug-likeness (QED) is 0.331. The van der Waals surface area contributed by atoms with Crippen molar-refractivity contribution in [2.75, 3.05) is 0 Å². The Morgan fingerprint density at radius 2 is 1.18 bits per heavy atom. The van der Waals surface area contributed by atoms with Crippen molar-refractivity contribution >= 4 is 59.3 Å². The van der Waals surface area contributed by atoms with Gasteiger partial charge in [-0.15, -0.1) is 0 Å². The molecule has 10 radical (unpaired) electrons. The molecule has 0 unspecified atom stereocenters. The summed E-state index contributed by atoms with van der Waals surface area (Å²) < 4.78 is 0. The lowest BCUT2D eigenvalue weighted by Crippen LogP contribution is -2.55. The second kappa shape index (κ2) is 10.4. The SMILES string of the molecule is [B]1N[B]N[B]N1.[B][B][B][B][B]. The standard InChI is InChI=1S/B5.B3H3N3/c1-3-5-4-2;1-4-2-6-3-5-1/h;4-6H. The van der Waals surface area contributed by atoms with Crippen LogP contribution in [0.3, 0.4) is 0 Å². The second-order valence-corrected chi connectivity index (χ2v) is 1.51. The lowest BCUT2D eigenvalue weighted by atomic mass is 9.08. The first-order valence-corrected chi connectivity index (χ1v) is 3.07. The first-order chi connectivity index (χ1) is 5.41. The number of rotatable bonds is 2. The van der Waals surface area contributed by atoms with Crippen LogP contribution in [-0.4, -0.2) is 59.3 Å². The van der Waals surface area contributed by atoms with Crippen molar-refractivity contribution in [2.24, 2.45) is 0 Å². The van der Waals surface area contributed by atoms with Gasteiger partial charge in [0.15, 0.2) is 0 Å². The Bertz CT molecular complexity index is 48.8. The Labute approximate surface area is 75.3 Å². The van der Waals surface area contributed by atoms with Gasteiger partial charge in [-0.3, -0.25) is 0 Å². The summed E-state index contributed by atoms with van der Waals surface area (Å²) >= 11 is 0. The van der Waals surface area contributed by atoms with Crippen LogP contribution in [0.5, 0.6) is 0 Å². The van der Waals surface area contributed by atoms with Gasteiger partial charge in [-0.1, -0.05) is 0 Å². The highest BCUT2D eigenvalue weighted by Crippen LogP contribution is 1.46. The molecule has 0 aliphatic carbocycles. The lowest BCUT2D eigenvalue weighted by molar-refractivity contribution is 1.28. The van der Waals surface area contributed by atoms with E-state index in [1.807, 2.05) is 0 Å². The fourth-order valence-electron chi connectivity index (χ4n) is 0.333. The molecule has 3 nitrogen and oxygen atoms in total. The highest BCUT2D eigenvalue weighted by molar-refractivity contribution is 7.49. The molecule has 1 saturated heterocycles. The van der Waals surface area contributed by atoms with Gasteiger partial charge in [0.25, 0.3) is 22.6 Å². The maximum absolute atomic E-state index is 4.85. The molecule has 0 aromatic carbocycles. The fourth-order valence-corrected chi connectivity index (χ4v) is 0.333. The average Bonchev–Trinajstić information content (AvgIpc) is 2.10. The van der Waals surface area contributed by atoms with Gasteiger partial charge < -0.3 is 15.4 Å². The minimum Gasteiger partial charge on any atom is -0.379 e. The molecule has 1 aliphatic heterocycles. The van der Waals surface area contributed by atoms with Gasteiger partial charge in [0, 0.05) is 36.7 Å². The van der Waals surface area contributed by atoms with E-state index >= 15 is 0 Å². The van der Waals surface area contributed by atoms with Crippen LogP contribution in [0.15, 0.2) is 0 Å². The molecular formula is H3B8N3. The third-order valence-corrected chi connectivity index (χ3v) is 0.722. The van der Waals surface area contributed by atoms with Crippen LogP contribution in [0.4, 0.5) is 0 Å². The summed E-state index contributed by atoms with van der Waals surface area (Å²) in [6.07, 6.45) is 0. The third kappa shape index (κ3) is 10.4. The topological polar surface area (TPSA) is 36.1 Å². The van der Waals surface area contributed by atoms with E-state index in [4.69, 9.17) is 15.5 Å². The van der Waals surface area contributed by atoms with Crippen molar-refractivity contribution in [3.05, 3.63) is 0 Å². The van der Waals surface area contributed by atoms with Crippen LogP contribution in [0.2, 0.25) is 0 Å². The summed E-state index contributed by atoms with van der Waals surface area (Å²) in [7, 11) is 19.2. The number of nitrogens with one attached hydrogen (secondary N) is 3. The van der Waals surface area contributed by atoms with Crippen LogP contribution >= 0.6 is 0 Å². The van der Waals surface area contributed by atoms with Crippen molar-refractivity contribution in [2.45, 2.75) is 0 Å².